The number of ether oxygens (including phenoxy) is 1. The van der Waals surface area contributed by atoms with Gasteiger partial charge < -0.3 is 15.6 Å². The molecular weight excluding hydrogens is 265 g/mol. The number of aliphatic carboxylic acids is 1. The Labute approximate surface area is 117 Å². The Kier molecular flexibility index (Phi) is 7.28. The Hall–Kier alpha value is -2.11. The van der Waals surface area contributed by atoms with E-state index in [0.717, 1.165) is 0 Å². The van der Waals surface area contributed by atoms with Crippen LogP contribution in [0.2, 0.25) is 0 Å². The standard InChI is InChI=1S/C9H9FO2.C5H11NO2/c10-8-4-2-1-3-7(8)5-6-9(11)12;1-5(2,3)8-4(6)7/h1-4H,5-6H2,(H,11,12);1-3H3,(H2,6,7). The van der Waals surface area contributed by atoms with Crippen LogP contribution in [0.1, 0.15) is 32.8 Å². The zero-order valence-electron chi connectivity index (χ0n) is 11.9. The summed E-state index contributed by atoms with van der Waals surface area (Å²) in [6.45, 7) is 5.28. The monoisotopic (exact) mass is 285 g/mol. The van der Waals surface area contributed by atoms with Gasteiger partial charge >= 0.3 is 12.1 Å². The van der Waals surface area contributed by atoms with Gasteiger partial charge in [-0.3, -0.25) is 4.79 Å². The lowest BCUT2D eigenvalue weighted by atomic mass is 10.1. The van der Waals surface area contributed by atoms with Crippen molar-refractivity contribution in [1.82, 2.24) is 0 Å². The smallest absolute Gasteiger partial charge is 0.405 e. The molecule has 5 nitrogen and oxygen atoms in total. The van der Waals surface area contributed by atoms with Crippen LogP contribution in [-0.4, -0.2) is 22.8 Å². The molecule has 0 aliphatic carbocycles. The number of primary amides is 1. The zero-order chi connectivity index (χ0) is 15.8. The van der Waals surface area contributed by atoms with E-state index in [9.17, 15) is 14.0 Å². The maximum absolute atomic E-state index is 12.8. The van der Waals surface area contributed by atoms with E-state index in [1.807, 2.05) is 0 Å². The van der Waals surface area contributed by atoms with Crippen molar-refractivity contribution in [3.8, 4) is 0 Å². The van der Waals surface area contributed by atoms with Crippen molar-refractivity contribution in [1.29, 1.82) is 0 Å². The number of hydrogen-bond donors (Lipinski definition) is 2. The van der Waals surface area contributed by atoms with E-state index in [1.54, 1.807) is 39.0 Å². The van der Waals surface area contributed by atoms with E-state index in [0.29, 0.717) is 5.56 Å². The number of carbonyl (C=O) groups is 2. The maximum Gasteiger partial charge on any atom is 0.405 e. The van der Waals surface area contributed by atoms with Gasteiger partial charge in [-0.2, -0.15) is 0 Å². The Bertz CT molecular complexity index is 455. The minimum atomic E-state index is -0.904. The molecule has 1 amide bonds. The van der Waals surface area contributed by atoms with Crippen molar-refractivity contribution in [2.45, 2.75) is 39.2 Å². The summed E-state index contributed by atoms with van der Waals surface area (Å²) in [6.07, 6.45) is -0.499. The summed E-state index contributed by atoms with van der Waals surface area (Å²) in [4.78, 5) is 20.2. The van der Waals surface area contributed by atoms with Crippen LogP contribution < -0.4 is 5.73 Å². The molecular formula is C14H20FNO4. The number of halogens is 1. The predicted molar refractivity (Wildman–Crippen MR) is 72.8 cm³/mol. The first-order chi connectivity index (χ1) is 9.11. The largest absolute Gasteiger partial charge is 0.481 e. The predicted octanol–water partition coefficient (Wildman–Crippen LogP) is 2.72. The number of amides is 1. The third-order valence-electron chi connectivity index (χ3n) is 1.97. The van der Waals surface area contributed by atoms with Crippen LogP contribution in [0.25, 0.3) is 0 Å². The second-order valence-corrected chi connectivity index (χ2v) is 5.02. The van der Waals surface area contributed by atoms with Gasteiger partial charge in [-0.25, -0.2) is 9.18 Å². The van der Waals surface area contributed by atoms with Gasteiger partial charge in [-0.15, -0.1) is 0 Å². The molecule has 0 spiro atoms. The number of benzene rings is 1. The van der Waals surface area contributed by atoms with Crippen molar-refractivity contribution in [3.05, 3.63) is 35.6 Å². The van der Waals surface area contributed by atoms with Gasteiger partial charge in [0.05, 0.1) is 0 Å². The summed E-state index contributed by atoms with van der Waals surface area (Å²) in [5.74, 6) is -1.24. The molecule has 0 aliphatic rings. The normalized spacial score (nSPS) is 10.2. The molecule has 112 valence electrons. The Morgan fingerprint density at radius 1 is 1.30 bits per heavy atom. The Morgan fingerprint density at radius 3 is 2.20 bits per heavy atom. The molecule has 0 unspecified atom stereocenters. The molecule has 0 aromatic heterocycles. The van der Waals surface area contributed by atoms with Gasteiger partial charge in [0.15, 0.2) is 0 Å². The summed E-state index contributed by atoms with van der Waals surface area (Å²) < 4.78 is 17.4. The second-order valence-electron chi connectivity index (χ2n) is 5.02. The van der Waals surface area contributed by atoms with Crippen LogP contribution in [0.5, 0.6) is 0 Å². The van der Waals surface area contributed by atoms with Gasteiger partial charge in [0, 0.05) is 6.42 Å². The highest BCUT2D eigenvalue weighted by atomic mass is 19.1. The quantitative estimate of drug-likeness (QED) is 0.893. The summed E-state index contributed by atoms with van der Waals surface area (Å²) >= 11 is 0. The van der Waals surface area contributed by atoms with Gasteiger partial charge in [0.1, 0.15) is 11.4 Å². The maximum atomic E-state index is 12.8. The number of nitrogens with two attached hydrogens (primary N) is 1. The number of carboxylic acids is 1. The van der Waals surface area contributed by atoms with E-state index in [2.05, 4.69) is 4.74 Å². The topological polar surface area (TPSA) is 89.6 Å². The number of rotatable bonds is 3. The van der Waals surface area contributed by atoms with Crippen molar-refractivity contribution in [3.63, 3.8) is 0 Å². The number of aryl methyl sites for hydroxylation is 1. The van der Waals surface area contributed by atoms with E-state index in [4.69, 9.17) is 10.8 Å². The van der Waals surface area contributed by atoms with Crippen LogP contribution in [0.3, 0.4) is 0 Å². The van der Waals surface area contributed by atoms with Crippen molar-refractivity contribution in [2.24, 2.45) is 5.73 Å². The van der Waals surface area contributed by atoms with E-state index in [1.165, 1.54) is 6.07 Å². The lowest BCUT2D eigenvalue weighted by Crippen LogP contribution is -2.27. The van der Waals surface area contributed by atoms with Crippen LogP contribution in [0, 0.1) is 5.82 Å². The fourth-order valence-corrected chi connectivity index (χ4v) is 1.24. The van der Waals surface area contributed by atoms with Gasteiger partial charge in [-0.05, 0) is 38.8 Å². The fourth-order valence-electron chi connectivity index (χ4n) is 1.24. The van der Waals surface area contributed by atoms with Crippen LogP contribution >= 0.6 is 0 Å². The van der Waals surface area contributed by atoms with Crippen LogP contribution in [0.4, 0.5) is 9.18 Å². The third kappa shape index (κ3) is 9.87. The lowest BCUT2D eigenvalue weighted by Gasteiger charge is -2.16. The van der Waals surface area contributed by atoms with Gasteiger partial charge in [-0.1, -0.05) is 18.2 Å². The SMILES string of the molecule is CC(C)(C)OC(N)=O.O=C(O)CCc1ccccc1F. The first kappa shape index (κ1) is 17.9. The molecule has 6 heteroatoms. The summed E-state index contributed by atoms with van der Waals surface area (Å²) in [6, 6.07) is 6.20. The first-order valence-corrected chi connectivity index (χ1v) is 6.05. The van der Waals surface area contributed by atoms with Crippen LogP contribution in [-0.2, 0) is 16.0 Å². The number of hydrogen-bond acceptors (Lipinski definition) is 3. The molecule has 1 aromatic carbocycles. The average Bonchev–Trinajstić information content (AvgIpc) is 2.25. The molecule has 0 bridgehead atoms. The highest BCUT2D eigenvalue weighted by Crippen LogP contribution is 2.08. The molecule has 0 aliphatic heterocycles. The molecule has 0 radical (unpaired) electrons. The van der Waals surface area contributed by atoms with Crippen molar-refractivity contribution in [2.75, 3.05) is 0 Å². The Morgan fingerprint density at radius 2 is 1.85 bits per heavy atom. The van der Waals surface area contributed by atoms with Crippen LogP contribution in [0.15, 0.2) is 24.3 Å². The molecule has 0 saturated carbocycles. The highest BCUT2D eigenvalue weighted by Gasteiger charge is 2.12. The number of carbonyl (C=O) groups excluding carboxylic acids is 1. The molecule has 0 saturated heterocycles. The van der Waals surface area contributed by atoms with Gasteiger partial charge in [0.25, 0.3) is 0 Å². The zero-order valence-corrected chi connectivity index (χ0v) is 11.9. The molecule has 0 heterocycles. The minimum Gasteiger partial charge on any atom is -0.481 e. The summed E-state index contributed by atoms with van der Waals surface area (Å²) in [5.41, 5.74) is 4.72. The molecule has 20 heavy (non-hydrogen) atoms. The highest BCUT2D eigenvalue weighted by molar-refractivity contribution is 5.67. The molecule has 1 rings (SSSR count). The van der Waals surface area contributed by atoms with E-state index >= 15 is 0 Å². The number of carboxylic acid groups (broad SMARTS) is 1. The Balaban J connectivity index is 0.000000396. The molecule has 0 fully saturated rings. The summed E-state index contributed by atoms with van der Waals surface area (Å²) in [7, 11) is 0. The van der Waals surface area contributed by atoms with Gasteiger partial charge in [0.2, 0.25) is 0 Å². The molecule has 3 N–H and O–H groups in total. The first-order valence-electron chi connectivity index (χ1n) is 6.05. The molecule has 0 atom stereocenters. The van der Waals surface area contributed by atoms with Crippen molar-refractivity contribution < 1.29 is 23.8 Å². The molecule has 1 aromatic rings. The average molecular weight is 285 g/mol. The summed E-state index contributed by atoms with van der Waals surface area (Å²) in [5, 5.41) is 8.34. The third-order valence-corrected chi connectivity index (χ3v) is 1.97. The lowest BCUT2D eigenvalue weighted by molar-refractivity contribution is -0.136. The second kappa shape index (κ2) is 8.14. The van der Waals surface area contributed by atoms with E-state index in [-0.39, 0.29) is 18.7 Å². The fraction of sp³-hybridized carbons (Fsp3) is 0.429. The minimum absolute atomic E-state index is 0.0269. The van der Waals surface area contributed by atoms with E-state index < -0.39 is 17.7 Å². The van der Waals surface area contributed by atoms with Crippen molar-refractivity contribution >= 4 is 12.1 Å².